The molecule has 4 N–H and O–H groups in total. The molecule has 2 unspecified atom stereocenters. The molecule has 8 nitrogen and oxygen atoms in total. The Balaban J connectivity index is 0.000000137. The maximum absolute atomic E-state index is 12.5. The van der Waals surface area contributed by atoms with Crippen LogP contribution in [0.15, 0.2) is 103 Å². The number of benzene rings is 4. The molecule has 1 fully saturated rings. The summed E-state index contributed by atoms with van der Waals surface area (Å²) in [5.74, 6) is 1.95. The van der Waals surface area contributed by atoms with Crippen LogP contribution in [0.1, 0.15) is 58.3 Å². The minimum Gasteiger partial charge on any atom is -0.508 e. The van der Waals surface area contributed by atoms with Crippen molar-refractivity contribution in [2.75, 3.05) is 0 Å². The van der Waals surface area contributed by atoms with Crippen molar-refractivity contribution < 1.29 is 39.4 Å². The highest BCUT2D eigenvalue weighted by Gasteiger charge is 2.54. The van der Waals surface area contributed by atoms with Gasteiger partial charge in [0.1, 0.15) is 46.4 Å². The molecule has 3 aliphatic heterocycles. The average Bonchev–Trinajstić information content (AvgIpc) is 3.61. The number of phenols is 3. The molecule has 2 atom stereocenters. The fourth-order valence-corrected chi connectivity index (χ4v) is 7.85. The van der Waals surface area contributed by atoms with Gasteiger partial charge in [-0.3, -0.25) is 0 Å². The third kappa shape index (κ3) is 4.01. The molecule has 3 heterocycles. The number of aliphatic hydroxyl groups is 1. The van der Waals surface area contributed by atoms with Crippen molar-refractivity contribution in [3.63, 3.8) is 0 Å². The SMILES string of the molecule is O=C1OC2(c3ccc(O)cc3Oc3cc(O)ccc32)c2ccccc21.OC1=CC2Oc3cc(O)ccc3C3(CCCC3)C2C=C1. The topological polar surface area (TPSA) is 126 Å². The maximum atomic E-state index is 12.5. The molecule has 8 heteroatoms. The van der Waals surface area contributed by atoms with Crippen LogP contribution in [-0.2, 0) is 15.8 Å². The number of rotatable bonds is 0. The lowest BCUT2D eigenvalue weighted by molar-refractivity contribution is 0.0224. The van der Waals surface area contributed by atoms with Gasteiger partial charge in [0, 0.05) is 51.8 Å². The number of carbonyl (C=O) groups is 1. The minimum absolute atomic E-state index is 0.0371. The summed E-state index contributed by atoms with van der Waals surface area (Å²) in [4.78, 5) is 12.5. The quantitative estimate of drug-likeness (QED) is 0.155. The van der Waals surface area contributed by atoms with Crippen LogP contribution in [-0.4, -0.2) is 32.5 Å². The van der Waals surface area contributed by atoms with Gasteiger partial charge in [-0.1, -0.05) is 43.2 Å². The highest BCUT2D eigenvalue weighted by molar-refractivity contribution is 5.97. The lowest BCUT2D eigenvalue weighted by Gasteiger charge is -2.46. The van der Waals surface area contributed by atoms with Gasteiger partial charge in [-0.15, -0.1) is 0 Å². The summed E-state index contributed by atoms with van der Waals surface area (Å²) in [6.07, 6.45) is 10.3. The number of hydrogen-bond donors (Lipinski definition) is 4. The monoisotopic (exact) mass is 602 g/mol. The molecule has 0 aromatic heterocycles. The smallest absolute Gasteiger partial charge is 0.340 e. The predicted octanol–water partition coefficient (Wildman–Crippen LogP) is 7.26. The van der Waals surface area contributed by atoms with Crippen LogP contribution in [0.5, 0.6) is 34.5 Å². The zero-order valence-electron chi connectivity index (χ0n) is 24.1. The van der Waals surface area contributed by atoms with E-state index in [-0.39, 0.29) is 40.4 Å². The molecule has 0 radical (unpaired) electrons. The number of ether oxygens (including phenoxy) is 3. The molecular formula is C37H30O8. The van der Waals surface area contributed by atoms with E-state index in [2.05, 4.69) is 6.08 Å². The van der Waals surface area contributed by atoms with Crippen LogP contribution in [0.25, 0.3) is 0 Å². The first kappa shape index (κ1) is 27.2. The maximum Gasteiger partial charge on any atom is 0.340 e. The molecule has 5 aliphatic rings. The first-order valence-corrected chi connectivity index (χ1v) is 15.1. The summed E-state index contributed by atoms with van der Waals surface area (Å²) in [6, 6.07) is 22.1. The standard InChI is InChI=1S/C20H12O5.C17H18O3/c21-11-5-7-15-17(9-11)24-18-10-12(22)6-8-16(18)20(15)14-4-2-1-3-13(14)19(23)25-20;18-11-3-5-13-15(9-11)20-16-10-12(19)4-6-14(16)17(13)7-1-2-8-17/h1-10,21-22H;3-6,9-10,13,15,18-19H,1-2,7-8H2. The minimum atomic E-state index is -1.17. The lowest BCUT2D eigenvalue weighted by Crippen LogP contribution is -2.45. The van der Waals surface area contributed by atoms with Crippen LogP contribution in [0.3, 0.4) is 0 Å². The molecule has 2 spiro atoms. The second kappa shape index (κ2) is 9.82. The van der Waals surface area contributed by atoms with E-state index in [1.165, 1.54) is 42.7 Å². The van der Waals surface area contributed by atoms with Crippen molar-refractivity contribution in [2.45, 2.75) is 42.8 Å². The van der Waals surface area contributed by atoms with Crippen LogP contribution in [0.2, 0.25) is 0 Å². The number of fused-ring (bicyclic) bond motifs is 10. The van der Waals surface area contributed by atoms with E-state index in [0.717, 1.165) is 18.6 Å². The summed E-state index contributed by atoms with van der Waals surface area (Å²) in [7, 11) is 0. The van der Waals surface area contributed by atoms with Crippen LogP contribution >= 0.6 is 0 Å². The van der Waals surface area contributed by atoms with Gasteiger partial charge in [0.15, 0.2) is 5.60 Å². The molecule has 1 saturated carbocycles. The van der Waals surface area contributed by atoms with Crippen molar-refractivity contribution in [3.05, 3.63) is 131 Å². The fraction of sp³-hybridized carbons (Fsp3) is 0.216. The highest BCUT2D eigenvalue weighted by Crippen LogP contribution is 2.58. The number of allylic oxidation sites excluding steroid dienone is 1. The molecule has 4 aromatic carbocycles. The predicted molar refractivity (Wildman–Crippen MR) is 164 cm³/mol. The Morgan fingerprint density at radius 2 is 1.29 bits per heavy atom. The molecule has 226 valence electrons. The summed E-state index contributed by atoms with van der Waals surface area (Å²) < 4.78 is 17.8. The van der Waals surface area contributed by atoms with Crippen molar-refractivity contribution in [1.29, 1.82) is 0 Å². The Bertz CT molecular complexity index is 1880. The molecule has 2 aliphatic carbocycles. The third-order valence-electron chi connectivity index (χ3n) is 9.74. The van der Waals surface area contributed by atoms with Crippen LogP contribution in [0, 0.1) is 5.92 Å². The van der Waals surface area contributed by atoms with Gasteiger partial charge in [0.05, 0.1) is 5.56 Å². The Kier molecular flexibility index (Phi) is 5.94. The van der Waals surface area contributed by atoms with Crippen LogP contribution < -0.4 is 9.47 Å². The van der Waals surface area contributed by atoms with Gasteiger partial charge in [-0.2, -0.15) is 0 Å². The van der Waals surface area contributed by atoms with Gasteiger partial charge in [-0.25, -0.2) is 4.79 Å². The number of phenolic OH excluding ortho intramolecular Hbond substituents is 3. The number of carbonyl (C=O) groups excluding carboxylic acids is 1. The van der Waals surface area contributed by atoms with E-state index in [0.29, 0.717) is 33.8 Å². The molecule has 0 saturated heterocycles. The average molecular weight is 603 g/mol. The van der Waals surface area contributed by atoms with Crippen LogP contribution in [0.4, 0.5) is 0 Å². The van der Waals surface area contributed by atoms with Gasteiger partial charge in [-0.05, 0) is 61.4 Å². The van der Waals surface area contributed by atoms with Crippen molar-refractivity contribution in [1.82, 2.24) is 0 Å². The summed E-state index contributed by atoms with van der Waals surface area (Å²) >= 11 is 0. The summed E-state index contributed by atoms with van der Waals surface area (Å²) in [5, 5.41) is 39.1. The van der Waals surface area contributed by atoms with Crippen molar-refractivity contribution in [3.8, 4) is 34.5 Å². The summed E-state index contributed by atoms with van der Waals surface area (Å²) in [6.45, 7) is 0. The number of esters is 1. The number of aromatic hydroxyl groups is 3. The Morgan fingerprint density at radius 1 is 0.689 bits per heavy atom. The normalized spacial score (nSPS) is 21.9. The van der Waals surface area contributed by atoms with Gasteiger partial charge >= 0.3 is 5.97 Å². The molecule has 45 heavy (non-hydrogen) atoms. The highest BCUT2D eigenvalue weighted by atomic mass is 16.6. The molecule has 0 bridgehead atoms. The fourth-order valence-electron chi connectivity index (χ4n) is 7.85. The van der Waals surface area contributed by atoms with E-state index in [1.54, 1.807) is 48.6 Å². The lowest BCUT2D eigenvalue weighted by atomic mass is 9.64. The Labute approximate surface area is 259 Å². The molecular weight excluding hydrogens is 572 g/mol. The Morgan fingerprint density at radius 3 is 1.96 bits per heavy atom. The summed E-state index contributed by atoms with van der Waals surface area (Å²) in [5.41, 5.74) is 2.60. The van der Waals surface area contributed by atoms with Gasteiger partial charge < -0.3 is 34.6 Å². The second-order valence-corrected chi connectivity index (χ2v) is 12.2. The van der Waals surface area contributed by atoms with E-state index in [4.69, 9.17) is 14.2 Å². The van der Waals surface area contributed by atoms with Crippen molar-refractivity contribution in [2.24, 2.45) is 5.92 Å². The first-order chi connectivity index (χ1) is 21.8. The van der Waals surface area contributed by atoms with Gasteiger partial charge in [0.25, 0.3) is 0 Å². The zero-order valence-corrected chi connectivity index (χ0v) is 24.1. The molecule has 4 aromatic rings. The third-order valence-corrected chi connectivity index (χ3v) is 9.74. The van der Waals surface area contributed by atoms with E-state index < -0.39 is 11.6 Å². The first-order valence-electron chi connectivity index (χ1n) is 15.1. The zero-order chi connectivity index (χ0) is 30.9. The molecule has 9 rings (SSSR count). The molecule has 0 amide bonds. The number of aliphatic hydroxyl groups excluding tert-OH is 1. The largest absolute Gasteiger partial charge is 0.508 e. The second-order valence-electron chi connectivity index (χ2n) is 12.2. The van der Waals surface area contributed by atoms with Gasteiger partial charge in [0.2, 0.25) is 0 Å². The van der Waals surface area contributed by atoms with E-state index in [9.17, 15) is 25.2 Å². The van der Waals surface area contributed by atoms with Crippen molar-refractivity contribution >= 4 is 5.97 Å². The van der Waals surface area contributed by atoms with E-state index >= 15 is 0 Å². The number of hydrogen-bond acceptors (Lipinski definition) is 8. The van der Waals surface area contributed by atoms with E-state index in [1.807, 2.05) is 18.2 Å². The Hall–Kier alpha value is -5.37.